The Kier molecular flexibility index (Phi) is 4.40. The van der Waals surface area contributed by atoms with E-state index in [-0.39, 0.29) is 5.69 Å². The molecule has 0 saturated carbocycles. The zero-order valence-electron chi connectivity index (χ0n) is 13.6. The molecule has 0 unspecified atom stereocenters. The molecular weight excluding hydrogens is 346 g/mol. The van der Waals surface area contributed by atoms with Crippen molar-refractivity contribution >= 4 is 38.3 Å². The Morgan fingerprint density at radius 1 is 1.28 bits per heavy atom. The zero-order valence-corrected chi connectivity index (χ0v) is 14.4. The monoisotopic (exact) mass is 365 g/mol. The number of rotatable bonds is 3. The van der Waals surface area contributed by atoms with E-state index in [4.69, 9.17) is 4.74 Å². The van der Waals surface area contributed by atoms with Gasteiger partial charge in [-0.1, -0.05) is 11.3 Å². The third-order valence-corrected chi connectivity index (χ3v) is 5.56. The number of aliphatic hydroxyl groups excluding tert-OH is 1. The van der Waals surface area contributed by atoms with Crippen molar-refractivity contribution in [1.82, 2.24) is 9.97 Å². The number of thiazole rings is 1. The van der Waals surface area contributed by atoms with Gasteiger partial charge in [-0.2, -0.15) is 4.98 Å². The van der Waals surface area contributed by atoms with Gasteiger partial charge in [0.15, 0.2) is 10.8 Å². The van der Waals surface area contributed by atoms with E-state index in [1.165, 1.54) is 11.3 Å². The van der Waals surface area contributed by atoms with E-state index >= 15 is 0 Å². The van der Waals surface area contributed by atoms with Gasteiger partial charge in [-0.05, 0) is 12.8 Å². The molecule has 2 aliphatic heterocycles. The predicted molar refractivity (Wildman–Crippen MR) is 94.6 cm³/mol. The largest absolute Gasteiger partial charge is 0.391 e. The molecule has 1 N–H and O–H groups in total. The van der Waals surface area contributed by atoms with Gasteiger partial charge in [0.1, 0.15) is 0 Å². The maximum absolute atomic E-state index is 11.5. The molecule has 2 aliphatic rings. The summed E-state index contributed by atoms with van der Waals surface area (Å²) < 4.78 is 6.06. The molecule has 25 heavy (non-hydrogen) atoms. The number of aliphatic hydroxyl groups is 1. The Balaban J connectivity index is 1.73. The lowest BCUT2D eigenvalue weighted by atomic mass is 10.1. The molecule has 0 amide bonds. The fourth-order valence-corrected chi connectivity index (χ4v) is 4.23. The molecule has 2 aromatic heterocycles. The van der Waals surface area contributed by atoms with Gasteiger partial charge in [-0.3, -0.25) is 10.1 Å². The summed E-state index contributed by atoms with van der Waals surface area (Å²) in [4.78, 5) is 24.1. The van der Waals surface area contributed by atoms with Gasteiger partial charge in [-0.15, -0.1) is 0 Å². The van der Waals surface area contributed by atoms with Crippen LogP contribution in [0.3, 0.4) is 0 Å². The Hall–Kier alpha value is -2.04. The first-order valence-electron chi connectivity index (χ1n) is 8.33. The first kappa shape index (κ1) is 16.4. The molecule has 2 aromatic rings. The molecule has 4 heterocycles. The number of piperidine rings is 1. The number of nitrogens with zero attached hydrogens (tertiary/aromatic N) is 5. The van der Waals surface area contributed by atoms with Crippen molar-refractivity contribution < 1.29 is 14.8 Å². The Labute approximate surface area is 148 Å². The second-order valence-corrected chi connectivity index (χ2v) is 7.26. The van der Waals surface area contributed by atoms with E-state index < -0.39 is 11.0 Å². The first-order valence-corrected chi connectivity index (χ1v) is 9.15. The fraction of sp³-hybridized carbons (Fsp3) is 0.600. The Morgan fingerprint density at radius 3 is 2.80 bits per heavy atom. The Bertz CT molecular complexity index is 792. The van der Waals surface area contributed by atoms with Crippen LogP contribution < -0.4 is 9.80 Å². The number of morpholine rings is 1. The zero-order chi connectivity index (χ0) is 17.4. The van der Waals surface area contributed by atoms with E-state index in [1.807, 2.05) is 0 Å². The minimum Gasteiger partial charge on any atom is -0.391 e. The fourth-order valence-electron chi connectivity index (χ4n) is 3.24. The van der Waals surface area contributed by atoms with E-state index in [9.17, 15) is 15.2 Å². The lowest BCUT2D eigenvalue weighted by molar-refractivity contribution is -0.384. The van der Waals surface area contributed by atoms with E-state index in [0.717, 1.165) is 24.6 Å². The van der Waals surface area contributed by atoms with Gasteiger partial charge < -0.3 is 19.6 Å². The van der Waals surface area contributed by atoms with Crippen LogP contribution in [0.15, 0.2) is 6.07 Å². The van der Waals surface area contributed by atoms with Gasteiger partial charge >= 0.3 is 5.69 Å². The van der Waals surface area contributed by atoms with Crippen LogP contribution in [0.25, 0.3) is 10.3 Å². The van der Waals surface area contributed by atoms with Crippen LogP contribution in [-0.2, 0) is 4.74 Å². The summed E-state index contributed by atoms with van der Waals surface area (Å²) >= 11 is 1.42. The summed E-state index contributed by atoms with van der Waals surface area (Å²) in [6.07, 6.45) is 1.02. The van der Waals surface area contributed by atoms with Crippen molar-refractivity contribution in [2.24, 2.45) is 0 Å². The molecule has 0 bridgehead atoms. The molecule has 10 heteroatoms. The van der Waals surface area contributed by atoms with Gasteiger partial charge in [0.2, 0.25) is 5.82 Å². The summed E-state index contributed by atoms with van der Waals surface area (Å²) in [5.41, 5.74) is 0.492. The highest BCUT2D eigenvalue weighted by molar-refractivity contribution is 7.22. The molecule has 2 fully saturated rings. The van der Waals surface area contributed by atoms with Crippen LogP contribution in [0.1, 0.15) is 12.8 Å². The van der Waals surface area contributed by atoms with Gasteiger partial charge in [0.05, 0.1) is 28.9 Å². The van der Waals surface area contributed by atoms with Crippen molar-refractivity contribution in [3.8, 4) is 0 Å². The molecule has 0 spiro atoms. The van der Waals surface area contributed by atoms with Crippen LogP contribution in [0.4, 0.5) is 16.6 Å². The number of β-amino-alcohol motifs (C(OH)–C–C–N with tert-alkyl or cyclic N) is 1. The topological polar surface area (TPSA) is 105 Å². The van der Waals surface area contributed by atoms with Gasteiger partial charge in [0, 0.05) is 32.2 Å². The first-order chi connectivity index (χ1) is 12.1. The molecule has 2 saturated heterocycles. The summed E-state index contributed by atoms with van der Waals surface area (Å²) in [6.45, 7) is 3.83. The van der Waals surface area contributed by atoms with Crippen LogP contribution in [0.2, 0.25) is 0 Å². The number of fused-ring (bicyclic) bond motifs is 1. The number of hydrogen-bond acceptors (Lipinski definition) is 9. The number of hydrogen-bond donors (Lipinski definition) is 1. The minimum absolute atomic E-state index is 0.0289. The molecule has 4 rings (SSSR count). The van der Waals surface area contributed by atoms with Crippen LogP contribution in [-0.4, -0.2) is 65.5 Å². The molecule has 134 valence electrons. The van der Waals surface area contributed by atoms with Crippen molar-refractivity contribution in [1.29, 1.82) is 0 Å². The van der Waals surface area contributed by atoms with Crippen molar-refractivity contribution in [2.45, 2.75) is 18.9 Å². The van der Waals surface area contributed by atoms with E-state index in [1.54, 1.807) is 11.0 Å². The standard InChI is InChI=1S/C15H19N5O4S/c21-10-2-1-3-19(9-10)14-11(20(22)23)8-12-13(16-14)17-15(25-12)18-4-6-24-7-5-18/h8,10,21H,1-7,9H2/t10-/m0/s1. The number of nitro groups is 1. The molecule has 1 atom stereocenters. The third-order valence-electron chi connectivity index (χ3n) is 4.51. The number of ether oxygens (including phenoxy) is 1. The van der Waals surface area contributed by atoms with Crippen molar-refractivity contribution in [2.75, 3.05) is 49.2 Å². The SMILES string of the molecule is O=[N+]([O-])c1cc2sc(N3CCOCC3)nc2nc1N1CCC[C@H](O)C1. The maximum atomic E-state index is 11.5. The second-order valence-electron chi connectivity index (χ2n) is 6.25. The van der Waals surface area contributed by atoms with E-state index in [0.29, 0.717) is 48.9 Å². The smallest absolute Gasteiger partial charge is 0.313 e. The number of anilines is 2. The lowest BCUT2D eigenvalue weighted by Gasteiger charge is -2.30. The van der Waals surface area contributed by atoms with Crippen LogP contribution in [0.5, 0.6) is 0 Å². The number of aromatic nitrogens is 2. The highest BCUT2D eigenvalue weighted by Gasteiger charge is 2.28. The van der Waals surface area contributed by atoms with Crippen molar-refractivity contribution in [3.05, 3.63) is 16.2 Å². The maximum Gasteiger partial charge on any atom is 0.313 e. The average molecular weight is 365 g/mol. The molecule has 0 aliphatic carbocycles. The molecule has 0 aromatic carbocycles. The van der Waals surface area contributed by atoms with Gasteiger partial charge in [0.25, 0.3) is 0 Å². The highest BCUT2D eigenvalue weighted by atomic mass is 32.1. The highest BCUT2D eigenvalue weighted by Crippen LogP contribution is 2.36. The normalized spacial score (nSPS) is 21.7. The van der Waals surface area contributed by atoms with Crippen molar-refractivity contribution in [3.63, 3.8) is 0 Å². The van der Waals surface area contributed by atoms with Gasteiger partial charge in [-0.25, -0.2) is 4.98 Å². The minimum atomic E-state index is -0.481. The predicted octanol–water partition coefficient (Wildman–Crippen LogP) is 1.40. The van der Waals surface area contributed by atoms with Crippen LogP contribution >= 0.6 is 11.3 Å². The van der Waals surface area contributed by atoms with E-state index in [2.05, 4.69) is 14.9 Å². The van der Waals surface area contributed by atoms with Crippen LogP contribution in [0, 0.1) is 10.1 Å². The molecule has 9 nitrogen and oxygen atoms in total. The summed E-state index contributed by atoms with van der Waals surface area (Å²) in [7, 11) is 0. The summed E-state index contributed by atoms with van der Waals surface area (Å²) in [6, 6.07) is 1.56. The average Bonchev–Trinajstić information content (AvgIpc) is 3.04. The summed E-state index contributed by atoms with van der Waals surface area (Å²) in [5, 5.41) is 22.2. The molecular formula is C15H19N5O4S. The molecule has 0 radical (unpaired) electrons. The Morgan fingerprint density at radius 2 is 2.08 bits per heavy atom. The number of pyridine rings is 1. The quantitative estimate of drug-likeness (QED) is 0.643. The summed E-state index contributed by atoms with van der Waals surface area (Å²) in [5.74, 6) is 0.301. The third kappa shape index (κ3) is 3.24. The lowest BCUT2D eigenvalue weighted by Crippen LogP contribution is -2.39. The second kappa shape index (κ2) is 6.70.